The van der Waals surface area contributed by atoms with Gasteiger partial charge in [-0.1, -0.05) is 6.07 Å². The topological polar surface area (TPSA) is 220 Å². The van der Waals surface area contributed by atoms with Gasteiger partial charge in [0.2, 0.25) is 0 Å². The van der Waals surface area contributed by atoms with Crippen LogP contribution in [0.5, 0.6) is 0 Å². The zero-order chi connectivity index (χ0) is 26.9. The van der Waals surface area contributed by atoms with Crippen molar-refractivity contribution in [2.45, 2.75) is 37.4 Å². The Kier molecular flexibility index (Phi) is 10.9. The van der Waals surface area contributed by atoms with Crippen molar-refractivity contribution >= 4 is 60.4 Å². The molecule has 2 aromatic rings. The summed E-state index contributed by atoms with van der Waals surface area (Å²) >= 11 is 1.01. The van der Waals surface area contributed by atoms with E-state index in [0.29, 0.717) is 17.9 Å². The van der Waals surface area contributed by atoms with Gasteiger partial charge in [0.25, 0.3) is 0 Å². The molecule has 0 spiro atoms. The number of hydrogen-bond acceptors (Lipinski definition) is 9. The number of nitrogens with zero attached hydrogens (tertiary/aromatic N) is 4. The molecular formula is C22H25N6NaO8SSe+2. The van der Waals surface area contributed by atoms with Crippen LogP contribution in [0.25, 0.3) is 0 Å². The number of oxime groups is 1. The normalized spacial score (nSPS) is 18.7. The number of aromatic nitrogens is 2. The standard InChI is InChI=1S/C22H22N6O7SSe.Na.H2O/c1-22(2,20(33)34)35-26-13(12-10-37-21(23)24-12)16(29)25-14-17(30)28-15(19(31)32)11(9-36-18(14)28)8-27-6-4-3-5-7-27;;/h3-7,10,14,18H,8-9H2,1-2H3,(H4-,23,24,25,29,31,32,33,34);;1H2/q;+1;/p+1/t14-,18-;;/m1../s1. The third-order valence-corrected chi connectivity index (χ3v) is 8.30. The van der Waals surface area contributed by atoms with E-state index in [1.165, 1.54) is 30.5 Å². The Labute approximate surface area is 254 Å². The van der Waals surface area contributed by atoms with Gasteiger partial charge in [0.1, 0.15) is 0 Å². The molecule has 0 bridgehead atoms. The van der Waals surface area contributed by atoms with Crippen LogP contribution in [-0.2, 0) is 30.6 Å². The summed E-state index contributed by atoms with van der Waals surface area (Å²) in [4.78, 5) is 61.6. The number of thioether (sulfide) groups is 1. The average Bonchev–Trinajstić information content (AvgIpc) is 3.28. The average molecular weight is 635 g/mol. The fraction of sp³-hybridized carbons (Fsp3) is 0.318. The summed E-state index contributed by atoms with van der Waals surface area (Å²) in [5.74, 6) is -3.60. The third-order valence-electron chi connectivity index (χ3n) is 5.55. The van der Waals surface area contributed by atoms with Crippen LogP contribution in [0.15, 0.2) is 52.0 Å². The number of β-lactam (4-membered cyclic amide) rings is 1. The summed E-state index contributed by atoms with van der Waals surface area (Å²) in [6.07, 6.45) is 3.60. The molecule has 2 aromatic heterocycles. The number of pyridine rings is 1. The minimum absolute atomic E-state index is 0. The third kappa shape index (κ3) is 6.89. The number of carbonyl (C=O) groups is 4. The summed E-state index contributed by atoms with van der Waals surface area (Å²) in [6.45, 7) is 2.82. The Morgan fingerprint density at radius 1 is 1.31 bits per heavy atom. The molecule has 0 aliphatic carbocycles. The van der Waals surface area contributed by atoms with Gasteiger partial charge in [-0.3, -0.25) is 0 Å². The number of carboxylic acids is 2. The molecule has 0 aromatic carbocycles. The van der Waals surface area contributed by atoms with Crippen molar-refractivity contribution in [1.29, 1.82) is 0 Å². The number of nitrogens with one attached hydrogen (secondary N) is 1. The molecule has 14 nitrogen and oxygen atoms in total. The van der Waals surface area contributed by atoms with Crippen LogP contribution in [-0.4, -0.2) is 92.3 Å². The van der Waals surface area contributed by atoms with Crippen LogP contribution in [0.3, 0.4) is 0 Å². The molecule has 1 saturated heterocycles. The van der Waals surface area contributed by atoms with E-state index in [4.69, 9.17) is 10.6 Å². The number of aliphatic carboxylic acids is 2. The maximum absolute atomic E-state index is 13.1. The van der Waals surface area contributed by atoms with Gasteiger partial charge in [-0.2, -0.15) is 0 Å². The van der Waals surface area contributed by atoms with Gasteiger partial charge in [0.15, 0.2) is 12.4 Å². The minimum Gasteiger partial charge on any atom is -0.412 e. The van der Waals surface area contributed by atoms with Crippen LogP contribution >= 0.6 is 11.8 Å². The van der Waals surface area contributed by atoms with Crippen LogP contribution in [0.1, 0.15) is 19.5 Å². The summed E-state index contributed by atoms with van der Waals surface area (Å²) < 4.78 is 2.10. The summed E-state index contributed by atoms with van der Waals surface area (Å²) in [6, 6.07) is 4.46. The Balaban J connectivity index is 0.00000267. The molecule has 2 aliphatic heterocycles. The first kappa shape index (κ1) is 32.5. The van der Waals surface area contributed by atoms with E-state index in [1.807, 2.05) is 22.8 Å². The second-order valence-corrected chi connectivity index (χ2v) is 11.6. The molecule has 0 radical (unpaired) electrons. The number of hydrogen-bond donors (Lipinski definition) is 4. The quantitative estimate of drug-likeness (QED) is 0.0677. The summed E-state index contributed by atoms with van der Waals surface area (Å²) in [5.41, 5.74) is 4.23. The first-order chi connectivity index (χ1) is 17.5. The van der Waals surface area contributed by atoms with Gasteiger partial charge in [0, 0.05) is 12.1 Å². The van der Waals surface area contributed by atoms with Gasteiger partial charge in [-0.05, 0) is 0 Å². The zero-order valence-corrected chi connectivity index (χ0v) is 25.7. The van der Waals surface area contributed by atoms with Crippen LogP contribution < -0.4 is 45.2 Å². The second-order valence-electron chi connectivity index (χ2n) is 8.58. The zero-order valence-electron chi connectivity index (χ0n) is 21.2. The SMILES string of the molecule is CC(C)(ON=C(C(=O)N[C@@H]1C(=O)N2C(C(=O)O)=C(C[n+]3ccccc3)CS[C@H]12)c1c[se]c(N)n1)C(=O)O.O.[Na+]. The fourth-order valence-electron chi connectivity index (χ4n) is 3.57. The molecule has 0 saturated carbocycles. The van der Waals surface area contributed by atoms with Crippen molar-refractivity contribution in [3.8, 4) is 0 Å². The van der Waals surface area contributed by atoms with E-state index in [1.54, 1.807) is 17.3 Å². The molecule has 202 valence electrons. The molecular weight excluding hydrogens is 610 g/mol. The second kappa shape index (κ2) is 13.1. The number of anilines is 1. The Morgan fingerprint density at radius 2 is 1.97 bits per heavy atom. The molecule has 39 heavy (non-hydrogen) atoms. The maximum Gasteiger partial charge on any atom is 1.00 e. The first-order valence-corrected chi connectivity index (χ1v) is 13.7. The van der Waals surface area contributed by atoms with E-state index in [2.05, 4.69) is 15.5 Å². The van der Waals surface area contributed by atoms with E-state index in [0.717, 1.165) is 0 Å². The predicted octanol–water partition coefficient (Wildman–Crippen LogP) is -4.79. The minimum atomic E-state index is -1.73. The van der Waals surface area contributed by atoms with E-state index in [-0.39, 0.29) is 71.3 Å². The predicted molar refractivity (Wildman–Crippen MR) is 135 cm³/mol. The van der Waals surface area contributed by atoms with Crippen molar-refractivity contribution in [3.63, 3.8) is 0 Å². The summed E-state index contributed by atoms with van der Waals surface area (Å²) in [5, 5.41) is 24.8. The van der Waals surface area contributed by atoms with Gasteiger partial charge >= 0.3 is 220 Å². The molecule has 2 atom stereocenters. The smallest absolute Gasteiger partial charge is 0.412 e. The van der Waals surface area contributed by atoms with Gasteiger partial charge in [-0.15, -0.1) is 0 Å². The fourth-order valence-corrected chi connectivity index (χ4v) is 6.06. The number of rotatable bonds is 9. The van der Waals surface area contributed by atoms with E-state index >= 15 is 0 Å². The van der Waals surface area contributed by atoms with Gasteiger partial charge < -0.3 is 5.48 Å². The van der Waals surface area contributed by atoms with Crippen LogP contribution in [0.4, 0.5) is 4.69 Å². The van der Waals surface area contributed by atoms with Crippen molar-refractivity contribution in [2.24, 2.45) is 5.16 Å². The molecule has 0 unspecified atom stereocenters. The van der Waals surface area contributed by atoms with Crippen molar-refractivity contribution in [1.82, 2.24) is 15.2 Å². The van der Waals surface area contributed by atoms with Crippen LogP contribution in [0.2, 0.25) is 0 Å². The first-order valence-electron chi connectivity index (χ1n) is 10.9. The maximum atomic E-state index is 13.1. The number of carboxylic acid groups (broad SMARTS) is 2. The van der Waals surface area contributed by atoms with E-state index in [9.17, 15) is 29.4 Å². The van der Waals surface area contributed by atoms with Crippen molar-refractivity contribution < 1.29 is 73.8 Å². The molecule has 4 heterocycles. The number of amides is 2. The monoisotopic (exact) mass is 636 g/mol. The van der Waals surface area contributed by atoms with E-state index < -0.39 is 40.8 Å². The molecule has 1 fully saturated rings. The van der Waals surface area contributed by atoms with Gasteiger partial charge in [-0.25, -0.2) is 0 Å². The van der Waals surface area contributed by atoms with Crippen molar-refractivity contribution in [2.75, 3.05) is 11.5 Å². The number of carbonyl (C=O) groups excluding carboxylic acids is 2. The number of nitrogens with two attached hydrogens (primary N) is 1. The Hall–Kier alpha value is -2.72. The molecule has 17 heteroatoms. The number of nitrogen functional groups attached to an aromatic ring is 1. The summed E-state index contributed by atoms with van der Waals surface area (Å²) in [7, 11) is 0. The van der Waals surface area contributed by atoms with Crippen LogP contribution in [0, 0.1) is 0 Å². The number of fused-ring (bicyclic) bond motifs is 1. The van der Waals surface area contributed by atoms with Crippen molar-refractivity contribution in [3.05, 3.63) is 52.5 Å². The molecule has 2 aliphatic rings. The molecule has 2 amide bonds. The van der Waals surface area contributed by atoms with Gasteiger partial charge in [0.05, 0.1) is 0 Å². The Morgan fingerprint density at radius 3 is 2.54 bits per heavy atom. The molecule has 4 rings (SSSR count). The Bertz CT molecular complexity index is 1330. The largest absolute Gasteiger partial charge is 1.00 e. The molecule has 7 N–H and O–H groups in total.